The monoisotopic (exact) mass is 394 g/mol. The molecular weight excluding hydrogens is 372 g/mol. The van der Waals surface area contributed by atoms with Gasteiger partial charge in [-0.3, -0.25) is 14.5 Å². The maximum atomic E-state index is 12.5. The Bertz CT molecular complexity index is 702. The second-order valence-corrected chi connectivity index (χ2v) is 7.47. The molecule has 6 nitrogen and oxygen atoms in total. The minimum Gasteiger partial charge on any atom is -0.494 e. The molecule has 0 radical (unpaired) electrons. The molecule has 1 aliphatic heterocycles. The van der Waals surface area contributed by atoms with Crippen LogP contribution in [0.25, 0.3) is 6.08 Å². The first-order valence-corrected chi connectivity index (χ1v) is 9.41. The van der Waals surface area contributed by atoms with Crippen LogP contribution in [0.15, 0.2) is 29.2 Å². The second-order valence-electron chi connectivity index (χ2n) is 5.79. The van der Waals surface area contributed by atoms with Gasteiger partial charge in [-0.25, -0.2) is 0 Å². The lowest BCUT2D eigenvalue weighted by Crippen LogP contribution is -2.35. The minimum absolute atomic E-state index is 0.168. The molecule has 1 amide bonds. The van der Waals surface area contributed by atoms with Gasteiger partial charge in [-0.1, -0.05) is 36.1 Å². The van der Waals surface area contributed by atoms with Gasteiger partial charge in [0, 0.05) is 6.54 Å². The van der Waals surface area contributed by atoms with E-state index in [1.54, 1.807) is 6.08 Å². The largest absolute Gasteiger partial charge is 0.494 e. The number of ether oxygens (including phenoxy) is 2. The highest BCUT2D eigenvalue weighted by Gasteiger charge is 2.33. The van der Waals surface area contributed by atoms with Gasteiger partial charge in [0.15, 0.2) is 0 Å². The van der Waals surface area contributed by atoms with Crippen molar-refractivity contribution < 1.29 is 19.1 Å². The summed E-state index contributed by atoms with van der Waals surface area (Å²) in [6, 6.07) is 7.43. The number of rotatable bonds is 8. The zero-order chi connectivity index (χ0) is 19.1. The average Bonchev–Trinajstić information content (AvgIpc) is 2.84. The van der Waals surface area contributed by atoms with Gasteiger partial charge in [0.2, 0.25) is 0 Å². The summed E-state index contributed by atoms with van der Waals surface area (Å²) in [4.78, 5) is 28.1. The third-order valence-corrected chi connectivity index (χ3v) is 4.83. The molecule has 0 bridgehead atoms. The number of hydrogen-bond acceptors (Lipinski definition) is 7. The van der Waals surface area contributed by atoms with Crippen molar-refractivity contribution in [2.75, 3.05) is 40.4 Å². The average molecular weight is 395 g/mol. The summed E-state index contributed by atoms with van der Waals surface area (Å²) in [6.07, 6.45) is 1.76. The highest BCUT2D eigenvalue weighted by molar-refractivity contribution is 8.26. The zero-order valence-corrected chi connectivity index (χ0v) is 16.7. The lowest BCUT2D eigenvalue weighted by atomic mass is 10.2. The molecule has 26 heavy (non-hydrogen) atoms. The van der Waals surface area contributed by atoms with Crippen molar-refractivity contribution in [1.82, 2.24) is 9.80 Å². The van der Waals surface area contributed by atoms with Crippen LogP contribution in [0.4, 0.5) is 0 Å². The number of carbonyl (C=O) groups excluding carboxylic acids is 2. The topological polar surface area (TPSA) is 59.1 Å². The summed E-state index contributed by atoms with van der Waals surface area (Å²) in [6.45, 7) is 3.26. The SMILES string of the molecule is CCOc1ccc(/C=C2\SC(=S)N(CC(=O)OCCN(C)C)C2=O)cc1. The molecule has 1 aromatic rings. The fourth-order valence-electron chi connectivity index (χ4n) is 2.13. The van der Waals surface area contributed by atoms with Crippen LogP contribution in [0, 0.1) is 0 Å². The van der Waals surface area contributed by atoms with E-state index in [0.717, 1.165) is 11.3 Å². The van der Waals surface area contributed by atoms with Crippen molar-refractivity contribution in [3.63, 3.8) is 0 Å². The number of nitrogens with zero attached hydrogens (tertiary/aromatic N) is 2. The molecule has 1 fully saturated rings. The van der Waals surface area contributed by atoms with Crippen LogP contribution in [0.5, 0.6) is 5.75 Å². The quantitative estimate of drug-likeness (QED) is 0.381. The molecule has 1 aliphatic rings. The van der Waals surface area contributed by atoms with Gasteiger partial charge in [-0.05, 0) is 44.8 Å². The second kappa shape index (κ2) is 9.70. The first kappa shape index (κ1) is 20.4. The molecule has 1 saturated heterocycles. The Morgan fingerprint density at radius 2 is 2.00 bits per heavy atom. The Hall–Kier alpha value is -1.90. The maximum absolute atomic E-state index is 12.5. The first-order valence-electron chi connectivity index (χ1n) is 8.19. The molecule has 8 heteroatoms. The number of thiocarbonyl (C=S) groups is 1. The molecule has 0 aliphatic carbocycles. The number of benzene rings is 1. The number of carbonyl (C=O) groups is 2. The van der Waals surface area contributed by atoms with Crippen LogP contribution in [0.2, 0.25) is 0 Å². The first-order chi connectivity index (χ1) is 12.4. The maximum Gasteiger partial charge on any atom is 0.326 e. The Kier molecular flexibility index (Phi) is 7.62. The lowest BCUT2D eigenvalue weighted by molar-refractivity contribution is -0.146. The summed E-state index contributed by atoms with van der Waals surface area (Å²) in [7, 11) is 3.78. The predicted molar refractivity (Wildman–Crippen MR) is 107 cm³/mol. The lowest BCUT2D eigenvalue weighted by Gasteiger charge is -2.14. The van der Waals surface area contributed by atoms with Gasteiger partial charge in [-0.15, -0.1) is 0 Å². The molecule has 1 heterocycles. The van der Waals surface area contributed by atoms with E-state index in [4.69, 9.17) is 21.7 Å². The number of hydrogen-bond donors (Lipinski definition) is 0. The van der Waals surface area contributed by atoms with Crippen molar-refractivity contribution >= 4 is 46.3 Å². The van der Waals surface area contributed by atoms with Crippen LogP contribution in [0.3, 0.4) is 0 Å². The molecule has 0 atom stereocenters. The van der Waals surface area contributed by atoms with Crippen molar-refractivity contribution in [2.45, 2.75) is 6.92 Å². The van der Waals surface area contributed by atoms with Gasteiger partial charge >= 0.3 is 5.97 Å². The smallest absolute Gasteiger partial charge is 0.326 e. The van der Waals surface area contributed by atoms with Crippen molar-refractivity contribution in [3.05, 3.63) is 34.7 Å². The molecule has 2 rings (SSSR count). The molecule has 0 unspecified atom stereocenters. The van der Waals surface area contributed by atoms with Crippen molar-refractivity contribution in [2.24, 2.45) is 0 Å². The summed E-state index contributed by atoms with van der Waals surface area (Å²) >= 11 is 6.41. The molecule has 1 aromatic carbocycles. The highest BCUT2D eigenvalue weighted by atomic mass is 32.2. The Balaban J connectivity index is 1.97. The molecular formula is C18H22N2O4S2. The molecule has 0 saturated carbocycles. The van der Waals surface area contributed by atoms with Crippen LogP contribution in [-0.4, -0.2) is 66.4 Å². The summed E-state index contributed by atoms with van der Waals surface area (Å²) in [5.41, 5.74) is 0.863. The number of likely N-dealkylation sites (N-methyl/N-ethyl adjacent to an activating group) is 1. The van der Waals surface area contributed by atoms with E-state index in [2.05, 4.69) is 0 Å². The normalized spacial score (nSPS) is 15.8. The number of thioether (sulfide) groups is 1. The standard InChI is InChI=1S/C18H22N2O4S2/c1-4-23-14-7-5-13(6-8-14)11-15-17(22)20(18(25)26-15)12-16(21)24-10-9-19(2)3/h5-8,11H,4,9-10,12H2,1-3H3/b15-11-. The van der Waals surface area contributed by atoms with E-state index in [0.29, 0.717) is 22.4 Å². The fraction of sp³-hybridized carbons (Fsp3) is 0.389. The highest BCUT2D eigenvalue weighted by Crippen LogP contribution is 2.32. The van der Waals surface area contributed by atoms with Gasteiger partial charge in [0.05, 0.1) is 11.5 Å². The van der Waals surface area contributed by atoms with Crippen LogP contribution >= 0.6 is 24.0 Å². The van der Waals surface area contributed by atoms with E-state index in [1.165, 1.54) is 16.7 Å². The summed E-state index contributed by atoms with van der Waals surface area (Å²) in [5.74, 6) is 0.0292. The summed E-state index contributed by atoms with van der Waals surface area (Å²) in [5, 5.41) is 0. The Labute approximate surface area is 163 Å². The van der Waals surface area contributed by atoms with E-state index in [-0.39, 0.29) is 19.1 Å². The summed E-state index contributed by atoms with van der Waals surface area (Å²) < 4.78 is 10.9. The third kappa shape index (κ3) is 5.82. The Morgan fingerprint density at radius 3 is 2.62 bits per heavy atom. The molecule has 0 N–H and O–H groups in total. The molecule has 0 aromatic heterocycles. The fourth-order valence-corrected chi connectivity index (χ4v) is 3.39. The van der Waals surface area contributed by atoms with Gasteiger partial charge in [0.25, 0.3) is 5.91 Å². The van der Waals surface area contributed by atoms with E-state index < -0.39 is 5.97 Å². The number of amides is 1. The number of esters is 1. The van der Waals surface area contributed by atoms with E-state index in [9.17, 15) is 9.59 Å². The van der Waals surface area contributed by atoms with Crippen molar-refractivity contribution in [3.8, 4) is 5.75 Å². The molecule has 0 spiro atoms. The predicted octanol–water partition coefficient (Wildman–Crippen LogP) is 2.39. The molecule has 140 valence electrons. The minimum atomic E-state index is -0.467. The van der Waals surface area contributed by atoms with Crippen molar-refractivity contribution in [1.29, 1.82) is 0 Å². The van der Waals surface area contributed by atoms with Gasteiger partial charge in [-0.2, -0.15) is 0 Å². The van der Waals surface area contributed by atoms with Crippen LogP contribution < -0.4 is 4.74 Å². The third-order valence-electron chi connectivity index (χ3n) is 3.45. The Morgan fingerprint density at radius 1 is 1.31 bits per heavy atom. The van der Waals surface area contributed by atoms with Crippen LogP contribution in [0.1, 0.15) is 12.5 Å². The van der Waals surface area contributed by atoms with Crippen LogP contribution in [-0.2, 0) is 14.3 Å². The van der Waals surface area contributed by atoms with Gasteiger partial charge < -0.3 is 14.4 Å². The van der Waals surface area contributed by atoms with Gasteiger partial charge in [0.1, 0.15) is 23.2 Å². The van der Waals surface area contributed by atoms with E-state index in [1.807, 2.05) is 50.2 Å². The van der Waals surface area contributed by atoms with E-state index >= 15 is 0 Å². The zero-order valence-electron chi connectivity index (χ0n) is 15.1.